The van der Waals surface area contributed by atoms with E-state index in [9.17, 15) is 4.79 Å². The number of piperidine rings is 1. The van der Waals surface area contributed by atoms with E-state index in [-0.39, 0.29) is 11.8 Å². The van der Waals surface area contributed by atoms with Crippen molar-refractivity contribution in [2.75, 3.05) is 13.1 Å². The molecular formula is C17H19N3O3. The lowest BCUT2D eigenvalue weighted by atomic mass is 9.97. The summed E-state index contributed by atoms with van der Waals surface area (Å²) >= 11 is 0. The van der Waals surface area contributed by atoms with E-state index in [2.05, 4.69) is 10.2 Å². The van der Waals surface area contributed by atoms with Crippen molar-refractivity contribution in [3.8, 4) is 0 Å². The number of likely N-dealkylation sites (tertiary alicyclic amines) is 1. The zero-order valence-corrected chi connectivity index (χ0v) is 12.9. The summed E-state index contributed by atoms with van der Waals surface area (Å²) in [5.74, 6) is 3.00. The molecule has 0 unspecified atom stereocenters. The predicted molar refractivity (Wildman–Crippen MR) is 82.6 cm³/mol. The van der Waals surface area contributed by atoms with Gasteiger partial charge in [0.15, 0.2) is 0 Å². The topological polar surface area (TPSA) is 72.4 Å². The third-order valence-corrected chi connectivity index (χ3v) is 4.47. The Balaban J connectivity index is 1.32. The molecule has 4 rings (SSSR count). The lowest BCUT2D eigenvalue weighted by molar-refractivity contribution is -0.127. The van der Waals surface area contributed by atoms with E-state index in [4.69, 9.17) is 8.83 Å². The van der Waals surface area contributed by atoms with Crippen molar-refractivity contribution in [2.24, 2.45) is 0 Å². The fourth-order valence-corrected chi connectivity index (χ4v) is 2.90. The van der Waals surface area contributed by atoms with Crippen LogP contribution in [-0.2, 0) is 4.79 Å². The van der Waals surface area contributed by atoms with E-state index in [0.717, 1.165) is 37.5 Å². The molecule has 2 fully saturated rings. The van der Waals surface area contributed by atoms with Gasteiger partial charge < -0.3 is 13.7 Å². The molecule has 0 bridgehead atoms. The molecule has 0 aromatic carbocycles. The average molecular weight is 313 g/mol. The summed E-state index contributed by atoms with van der Waals surface area (Å²) in [6.07, 6.45) is 8.92. The van der Waals surface area contributed by atoms with Gasteiger partial charge in [-0.3, -0.25) is 4.79 Å². The standard InChI is InChI=1S/C17H19N3O3/c21-15(6-5-14-2-1-11-22-14)20-9-7-13(8-10-20)17-19-18-16(23-17)12-3-4-12/h1-2,5-6,11-13H,3-4,7-10H2. The molecular weight excluding hydrogens is 294 g/mol. The number of carbonyl (C=O) groups is 1. The van der Waals surface area contributed by atoms with Crippen molar-refractivity contribution in [2.45, 2.75) is 37.5 Å². The van der Waals surface area contributed by atoms with Crippen LogP contribution in [0.5, 0.6) is 0 Å². The zero-order valence-electron chi connectivity index (χ0n) is 12.9. The highest BCUT2D eigenvalue weighted by atomic mass is 16.4. The second-order valence-electron chi connectivity index (χ2n) is 6.20. The van der Waals surface area contributed by atoms with Crippen molar-refractivity contribution in [1.82, 2.24) is 15.1 Å². The molecule has 1 aliphatic heterocycles. The summed E-state index contributed by atoms with van der Waals surface area (Å²) in [6, 6.07) is 3.62. The number of nitrogens with zero attached hydrogens (tertiary/aromatic N) is 3. The van der Waals surface area contributed by atoms with Crippen molar-refractivity contribution in [3.05, 3.63) is 42.0 Å². The summed E-state index contributed by atoms with van der Waals surface area (Å²) in [5, 5.41) is 8.34. The van der Waals surface area contributed by atoms with Gasteiger partial charge in [-0.05, 0) is 43.9 Å². The molecule has 23 heavy (non-hydrogen) atoms. The Kier molecular flexibility index (Phi) is 3.73. The van der Waals surface area contributed by atoms with E-state index in [1.807, 2.05) is 11.0 Å². The van der Waals surface area contributed by atoms with Gasteiger partial charge in [-0.2, -0.15) is 0 Å². The second-order valence-corrected chi connectivity index (χ2v) is 6.20. The van der Waals surface area contributed by atoms with Crippen LogP contribution in [0.2, 0.25) is 0 Å². The van der Waals surface area contributed by atoms with Crippen LogP contribution < -0.4 is 0 Å². The van der Waals surface area contributed by atoms with Crippen LogP contribution in [0.1, 0.15) is 55.1 Å². The van der Waals surface area contributed by atoms with E-state index < -0.39 is 0 Å². The summed E-state index contributed by atoms with van der Waals surface area (Å²) in [4.78, 5) is 14.0. The Morgan fingerprint density at radius 2 is 1.83 bits per heavy atom. The molecule has 6 heteroatoms. The Bertz CT molecular complexity index is 693. The lowest BCUT2D eigenvalue weighted by Gasteiger charge is -2.29. The number of hydrogen-bond donors (Lipinski definition) is 0. The molecule has 1 amide bonds. The minimum Gasteiger partial charge on any atom is -0.465 e. The first-order valence-electron chi connectivity index (χ1n) is 8.13. The SMILES string of the molecule is O=C(C=Cc1ccco1)N1CCC(c2nnc(C3CC3)o2)CC1. The van der Waals surface area contributed by atoms with Crippen molar-refractivity contribution < 1.29 is 13.6 Å². The predicted octanol–water partition coefficient (Wildman–Crippen LogP) is 2.96. The van der Waals surface area contributed by atoms with Crippen LogP contribution in [0.25, 0.3) is 6.08 Å². The van der Waals surface area contributed by atoms with Gasteiger partial charge in [-0.15, -0.1) is 10.2 Å². The minimum atomic E-state index is 0.0176. The van der Waals surface area contributed by atoms with Gasteiger partial charge in [0.25, 0.3) is 0 Å². The quantitative estimate of drug-likeness (QED) is 0.811. The molecule has 6 nitrogen and oxygen atoms in total. The molecule has 120 valence electrons. The number of amides is 1. The van der Waals surface area contributed by atoms with Gasteiger partial charge in [-0.1, -0.05) is 0 Å². The number of carbonyl (C=O) groups excluding carboxylic acids is 1. The van der Waals surface area contributed by atoms with Crippen LogP contribution in [-0.4, -0.2) is 34.1 Å². The smallest absolute Gasteiger partial charge is 0.246 e. The van der Waals surface area contributed by atoms with Gasteiger partial charge in [0, 0.05) is 31.0 Å². The Hall–Kier alpha value is -2.37. The summed E-state index contributed by atoms with van der Waals surface area (Å²) in [5.41, 5.74) is 0. The van der Waals surface area contributed by atoms with Crippen LogP contribution in [0.15, 0.2) is 33.3 Å². The van der Waals surface area contributed by atoms with Crippen LogP contribution in [0.3, 0.4) is 0 Å². The molecule has 0 N–H and O–H groups in total. The molecule has 3 heterocycles. The number of aromatic nitrogens is 2. The Morgan fingerprint density at radius 1 is 1.13 bits per heavy atom. The van der Waals surface area contributed by atoms with Crippen LogP contribution >= 0.6 is 0 Å². The first-order valence-corrected chi connectivity index (χ1v) is 8.13. The monoisotopic (exact) mass is 313 g/mol. The fraction of sp³-hybridized carbons (Fsp3) is 0.471. The van der Waals surface area contributed by atoms with Crippen LogP contribution in [0, 0.1) is 0 Å². The number of rotatable bonds is 4. The summed E-state index contributed by atoms with van der Waals surface area (Å²) in [7, 11) is 0. The molecule has 1 saturated heterocycles. The number of furan rings is 1. The Morgan fingerprint density at radius 3 is 2.43 bits per heavy atom. The lowest BCUT2D eigenvalue weighted by Crippen LogP contribution is -2.36. The minimum absolute atomic E-state index is 0.0176. The largest absolute Gasteiger partial charge is 0.465 e. The normalized spacial score (nSPS) is 19.6. The third kappa shape index (κ3) is 3.21. The first-order chi connectivity index (χ1) is 11.3. The van der Waals surface area contributed by atoms with Crippen molar-refractivity contribution in [1.29, 1.82) is 0 Å². The van der Waals surface area contributed by atoms with Gasteiger partial charge in [0.1, 0.15) is 5.76 Å². The van der Waals surface area contributed by atoms with E-state index in [0.29, 0.717) is 24.8 Å². The average Bonchev–Trinajstić information content (AvgIpc) is 3.11. The third-order valence-electron chi connectivity index (χ3n) is 4.47. The van der Waals surface area contributed by atoms with Gasteiger partial charge in [-0.25, -0.2) is 0 Å². The highest BCUT2D eigenvalue weighted by molar-refractivity contribution is 5.91. The van der Waals surface area contributed by atoms with Gasteiger partial charge in [0.2, 0.25) is 17.7 Å². The van der Waals surface area contributed by atoms with Gasteiger partial charge in [0.05, 0.1) is 6.26 Å². The molecule has 1 aliphatic carbocycles. The highest BCUT2D eigenvalue weighted by Gasteiger charge is 2.32. The zero-order chi connectivity index (χ0) is 15.6. The molecule has 1 saturated carbocycles. The molecule has 0 radical (unpaired) electrons. The van der Waals surface area contributed by atoms with E-state index in [1.54, 1.807) is 24.5 Å². The molecule has 2 aromatic heterocycles. The summed E-state index contributed by atoms with van der Waals surface area (Å²) in [6.45, 7) is 1.43. The highest BCUT2D eigenvalue weighted by Crippen LogP contribution is 2.40. The van der Waals surface area contributed by atoms with Gasteiger partial charge >= 0.3 is 0 Å². The second kappa shape index (κ2) is 6.02. The Labute approximate surface area is 134 Å². The maximum Gasteiger partial charge on any atom is 0.246 e. The maximum atomic E-state index is 12.2. The molecule has 2 aromatic rings. The van der Waals surface area contributed by atoms with E-state index in [1.165, 1.54) is 0 Å². The molecule has 0 spiro atoms. The van der Waals surface area contributed by atoms with Crippen LogP contribution in [0.4, 0.5) is 0 Å². The molecule has 2 aliphatic rings. The number of hydrogen-bond acceptors (Lipinski definition) is 5. The van der Waals surface area contributed by atoms with Crippen molar-refractivity contribution in [3.63, 3.8) is 0 Å². The van der Waals surface area contributed by atoms with Crippen molar-refractivity contribution >= 4 is 12.0 Å². The molecule has 0 atom stereocenters. The first kappa shape index (κ1) is 14.2. The fourth-order valence-electron chi connectivity index (χ4n) is 2.90. The summed E-state index contributed by atoms with van der Waals surface area (Å²) < 4.78 is 11.0. The maximum absolute atomic E-state index is 12.2. The van der Waals surface area contributed by atoms with E-state index >= 15 is 0 Å².